The van der Waals surface area contributed by atoms with Crippen molar-refractivity contribution in [1.82, 2.24) is 4.31 Å². The molecule has 1 heterocycles. The summed E-state index contributed by atoms with van der Waals surface area (Å²) in [6.45, 7) is 0.405. The first-order chi connectivity index (χ1) is 14.0. The third kappa shape index (κ3) is 4.55. The maximum Gasteiger partial charge on any atom is 0.214 e. The second kappa shape index (κ2) is 9.29. The number of nitrogens with zero attached hydrogens (tertiary/aromatic N) is 2. The van der Waals surface area contributed by atoms with E-state index in [1.165, 1.54) is 0 Å². The number of sulfonamides is 1. The highest BCUT2D eigenvalue weighted by Gasteiger charge is 2.37. The monoisotopic (exact) mass is 414 g/mol. The molecule has 0 N–H and O–H groups in total. The first-order valence-electron chi connectivity index (χ1n) is 9.68. The number of rotatable bonds is 8. The first-order valence-corrected chi connectivity index (χ1v) is 11.3. The molecule has 6 nitrogen and oxygen atoms in total. The Balaban J connectivity index is 2.04. The quantitative estimate of drug-likeness (QED) is 0.616. The Hall–Kier alpha value is -2.56. The van der Waals surface area contributed by atoms with Crippen molar-refractivity contribution in [2.75, 3.05) is 26.5 Å². The van der Waals surface area contributed by atoms with Crippen LogP contribution >= 0.6 is 0 Å². The van der Waals surface area contributed by atoms with Crippen LogP contribution in [0.25, 0.3) is 0 Å². The van der Waals surface area contributed by atoms with Crippen LogP contribution in [-0.4, -0.2) is 39.2 Å². The smallest absolute Gasteiger partial charge is 0.214 e. The molecule has 1 aliphatic rings. The minimum Gasteiger partial charge on any atom is -0.493 e. The Morgan fingerprint density at radius 2 is 1.79 bits per heavy atom. The summed E-state index contributed by atoms with van der Waals surface area (Å²) in [5, 5.41) is 8.70. The zero-order valence-electron chi connectivity index (χ0n) is 16.8. The van der Waals surface area contributed by atoms with Crippen molar-refractivity contribution in [2.24, 2.45) is 0 Å². The Morgan fingerprint density at radius 1 is 1.10 bits per heavy atom. The van der Waals surface area contributed by atoms with Gasteiger partial charge in [0, 0.05) is 13.0 Å². The summed E-state index contributed by atoms with van der Waals surface area (Å²) in [7, 11) is -0.313. The molecule has 1 unspecified atom stereocenters. The number of methoxy groups -OCH3 is 2. The zero-order chi connectivity index (χ0) is 20.9. The van der Waals surface area contributed by atoms with Crippen molar-refractivity contribution in [2.45, 2.75) is 31.7 Å². The molecule has 0 aromatic heterocycles. The van der Waals surface area contributed by atoms with E-state index in [9.17, 15) is 8.42 Å². The molecule has 0 radical (unpaired) electrons. The van der Waals surface area contributed by atoms with Gasteiger partial charge in [0.2, 0.25) is 10.0 Å². The summed E-state index contributed by atoms with van der Waals surface area (Å²) in [6, 6.07) is 15.2. The molecule has 0 fully saturated rings. The number of unbranched alkanes of at least 4 members (excludes halogenated alkanes) is 2. The molecule has 0 saturated heterocycles. The molecule has 0 aliphatic carbocycles. The second-order valence-electron chi connectivity index (χ2n) is 7.01. The molecular formula is C22H26N2O4S. The average Bonchev–Trinajstić information content (AvgIpc) is 2.75. The molecule has 29 heavy (non-hydrogen) atoms. The summed E-state index contributed by atoms with van der Waals surface area (Å²) in [5.74, 6) is 1.27. The van der Waals surface area contributed by atoms with E-state index in [-0.39, 0.29) is 5.75 Å². The van der Waals surface area contributed by atoms with Crippen LogP contribution in [0, 0.1) is 11.3 Å². The van der Waals surface area contributed by atoms with Crippen LogP contribution in [0.3, 0.4) is 0 Å². The number of fused-ring (bicyclic) bond motifs is 1. The zero-order valence-corrected chi connectivity index (χ0v) is 17.6. The van der Waals surface area contributed by atoms with E-state index in [0.29, 0.717) is 43.7 Å². The molecule has 0 spiro atoms. The highest BCUT2D eigenvalue weighted by Crippen LogP contribution is 2.42. The number of benzene rings is 2. The molecular weight excluding hydrogens is 388 g/mol. The van der Waals surface area contributed by atoms with Crippen LogP contribution < -0.4 is 9.47 Å². The summed E-state index contributed by atoms with van der Waals surface area (Å²) in [6.07, 6.45) is 2.04. The summed E-state index contributed by atoms with van der Waals surface area (Å²) < 4.78 is 38.9. The molecule has 154 valence electrons. The third-order valence-electron chi connectivity index (χ3n) is 5.24. The van der Waals surface area contributed by atoms with E-state index >= 15 is 0 Å². The number of ether oxygens (including phenoxy) is 2. The van der Waals surface area contributed by atoms with Gasteiger partial charge < -0.3 is 9.47 Å². The fourth-order valence-electron chi connectivity index (χ4n) is 3.81. The molecule has 0 amide bonds. The highest BCUT2D eigenvalue weighted by molar-refractivity contribution is 7.89. The largest absolute Gasteiger partial charge is 0.493 e. The van der Waals surface area contributed by atoms with E-state index in [1.54, 1.807) is 18.5 Å². The van der Waals surface area contributed by atoms with E-state index in [1.807, 2.05) is 42.5 Å². The van der Waals surface area contributed by atoms with Crippen molar-refractivity contribution in [1.29, 1.82) is 5.26 Å². The Labute approximate surface area is 172 Å². The molecule has 2 aromatic rings. The lowest BCUT2D eigenvalue weighted by molar-refractivity contribution is 0.331. The summed E-state index contributed by atoms with van der Waals surface area (Å²) in [5.41, 5.74) is 2.90. The molecule has 7 heteroatoms. The van der Waals surface area contributed by atoms with Gasteiger partial charge in [-0.2, -0.15) is 9.57 Å². The fourth-order valence-corrected chi connectivity index (χ4v) is 5.54. The Morgan fingerprint density at radius 3 is 2.45 bits per heavy atom. The lowest BCUT2D eigenvalue weighted by Crippen LogP contribution is -2.41. The SMILES string of the molecule is COc1cc2c(cc1OC)C(c1ccccc1)N(S(=O)(=O)CCCCC#N)CC2. The van der Waals surface area contributed by atoms with Gasteiger partial charge in [0.1, 0.15) is 0 Å². The van der Waals surface area contributed by atoms with Crippen LogP contribution in [-0.2, 0) is 16.4 Å². The predicted octanol–water partition coefficient (Wildman–Crippen LogP) is 3.67. The van der Waals surface area contributed by atoms with Crippen molar-refractivity contribution in [3.8, 4) is 17.6 Å². The maximum absolute atomic E-state index is 13.2. The van der Waals surface area contributed by atoms with Gasteiger partial charge in [-0.25, -0.2) is 8.42 Å². The molecule has 2 aromatic carbocycles. The third-order valence-corrected chi connectivity index (χ3v) is 7.16. The number of nitriles is 1. The lowest BCUT2D eigenvalue weighted by atomic mass is 9.89. The Kier molecular flexibility index (Phi) is 6.78. The van der Waals surface area contributed by atoms with Gasteiger partial charge in [-0.15, -0.1) is 0 Å². The maximum atomic E-state index is 13.2. The van der Waals surface area contributed by atoms with E-state index < -0.39 is 16.1 Å². The lowest BCUT2D eigenvalue weighted by Gasteiger charge is -2.37. The summed E-state index contributed by atoms with van der Waals surface area (Å²) >= 11 is 0. The standard InChI is InChI=1S/C22H26N2O4S/c1-27-20-15-18-11-13-24(29(25,26)14-8-4-7-12-23)22(17-9-5-3-6-10-17)19(18)16-21(20)28-2/h3,5-6,9-10,15-16,22H,4,7-8,11,13-14H2,1-2H3. The van der Waals surface area contributed by atoms with Crippen LogP contribution in [0.15, 0.2) is 42.5 Å². The average molecular weight is 415 g/mol. The highest BCUT2D eigenvalue weighted by atomic mass is 32.2. The molecule has 1 atom stereocenters. The van der Waals surface area contributed by atoms with Gasteiger partial charge in [-0.3, -0.25) is 0 Å². The van der Waals surface area contributed by atoms with E-state index in [2.05, 4.69) is 6.07 Å². The van der Waals surface area contributed by atoms with Gasteiger partial charge in [0.25, 0.3) is 0 Å². The van der Waals surface area contributed by atoms with Crippen LogP contribution in [0.4, 0.5) is 0 Å². The Bertz CT molecular complexity index is 984. The van der Waals surface area contributed by atoms with E-state index in [4.69, 9.17) is 14.7 Å². The number of hydrogen-bond acceptors (Lipinski definition) is 5. The van der Waals surface area contributed by atoms with Crippen molar-refractivity contribution in [3.05, 3.63) is 59.2 Å². The molecule has 3 rings (SSSR count). The van der Waals surface area contributed by atoms with E-state index in [0.717, 1.165) is 16.7 Å². The van der Waals surface area contributed by atoms with Gasteiger partial charge >= 0.3 is 0 Å². The number of hydrogen-bond donors (Lipinski definition) is 0. The van der Waals surface area contributed by atoms with Crippen LogP contribution in [0.2, 0.25) is 0 Å². The van der Waals surface area contributed by atoms with Crippen molar-refractivity contribution >= 4 is 10.0 Å². The van der Waals surface area contributed by atoms with Gasteiger partial charge in [0.05, 0.1) is 32.1 Å². The van der Waals surface area contributed by atoms with Crippen LogP contribution in [0.5, 0.6) is 11.5 Å². The van der Waals surface area contributed by atoms with Gasteiger partial charge in [0.15, 0.2) is 11.5 Å². The van der Waals surface area contributed by atoms with Gasteiger partial charge in [-0.1, -0.05) is 30.3 Å². The van der Waals surface area contributed by atoms with Gasteiger partial charge in [-0.05, 0) is 48.1 Å². The predicted molar refractivity (Wildman–Crippen MR) is 111 cm³/mol. The normalized spacial score (nSPS) is 16.7. The topological polar surface area (TPSA) is 79.6 Å². The van der Waals surface area contributed by atoms with Crippen LogP contribution in [0.1, 0.15) is 42.0 Å². The minimum absolute atomic E-state index is 0.0423. The molecule has 1 aliphatic heterocycles. The summed E-state index contributed by atoms with van der Waals surface area (Å²) in [4.78, 5) is 0. The van der Waals surface area contributed by atoms with Crippen molar-refractivity contribution in [3.63, 3.8) is 0 Å². The minimum atomic E-state index is -3.49. The second-order valence-corrected chi connectivity index (χ2v) is 9.05. The van der Waals surface area contributed by atoms with Crippen molar-refractivity contribution < 1.29 is 17.9 Å². The fraction of sp³-hybridized carbons (Fsp3) is 0.409. The molecule has 0 saturated carbocycles. The molecule has 0 bridgehead atoms. The first kappa shape index (κ1) is 21.2.